The first-order valence-electron chi connectivity index (χ1n) is 7.51. The Morgan fingerprint density at radius 1 is 1.43 bits per heavy atom. The van der Waals surface area contributed by atoms with Gasteiger partial charge in [0.05, 0.1) is 18.3 Å². The Morgan fingerprint density at radius 3 is 2.71 bits per heavy atom. The van der Waals surface area contributed by atoms with E-state index in [1.807, 2.05) is 30.5 Å². The minimum Gasteiger partial charge on any atom is -0.383 e. The number of hydrogen-bond donors (Lipinski definition) is 1. The van der Waals surface area contributed by atoms with Crippen molar-refractivity contribution in [3.63, 3.8) is 0 Å². The third kappa shape index (κ3) is 3.11. The molecule has 2 heterocycles. The normalized spacial score (nSPS) is 23.5. The van der Waals surface area contributed by atoms with Crippen LogP contribution in [0.1, 0.15) is 42.3 Å². The van der Waals surface area contributed by atoms with E-state index in [0.29, 0.717) is 19.6 Å². The Hall–Kier alpha value is -1.40. The highest BCUT2D eigenvalue weighted by molar-refractivity contribution is 5.77. The quantitative estimate of drug-likeness (QED) is 0.901. The van der Waals surface area contributed by atoms with Crippen LogP contribution < -0.4 is 5.73 Å². The molecule has 1 amide bonds. The Labute approximate surface area is 126 Å². The summed E-state index contributed by atoms with van der Waals surface area (Å²) >= 11 is 0. The summed E-state index contributed by atoms with van der Waals surface area (Å²) in [5, 5.41) is 4.48. The minimum absolute atomic E-state index is 0.0603. The molecule has 1 aliphatic heterocycles. The number of likely N-dealkylation sites (tertiary alicyclic amines) is 1. The number of hydrogen-bond acceptors (Lipinski definition) is 4. The molecule has 1 saturated heterocycles. The van der Waals surface area contributed by atoms with E-state index in [4.69, 9.17) is 10.5 Å². The lowest BCUT2D eigenvalue weighted by atomic mass is 9.94. The van der Waals surface area contributed by atoms with E-state index >= 15 is 0 Å². The summed E-state index contributed by atoms with van der Waals surface area (Å²) in [6.45, 7) is 5.11. The van der Waals surface area contributed by atoms with Gasteiger partial charge < -0.3 is 15.4 Å². The number of ether oxygens (including phenoxy) is 1. The van der Waals surface area contributed by atoms with Gasteiger partial charge in [-0.25, -0.2) is 0 Å². The monoisotopic (exact) mass is 294 g/mol. The van der Waals surface area contributed by atoms with Crippen molar-refractivity contribution in [1.29, 1.82) is 0 Å². The second kappa shape index (κ2) is 6.58. The predicted molar refractivity (Wildman–Crippen MR) is 80.8 cm³/mol. The van der Waals surface area contributed by atoms with Crippen LogP contribution in [0.25, 0.3) is 0 Å². The Morgan fingerprint density at radius 2 is 2.14 bits per heavy atom. The van der Waals surface area contributed by atoms with Gasteiger partial charge in [-0.3, -0.25) is 9.48 Å². The molecule has 6 heteroatoms. The number of nitrogens with two attached hydrogens (primary N) is 1. The zero-order valence-electron chi connectivity index (χ0n) is 13.4. The highest BCUT2D eigenvalue weighted by Crippen LogP contribution is 2.33. The SMILES string of the molecule is COCCN1C(=O)CCCC(N)C1c1c(C)nn(C)c1C. The number of rotatable bonds is 4. The fourth-order valence-corrected chi connectivity index (χ4v) is 3.22. The van der Waals surface area contributed by atoms with Crippen LogP contribution in [0.3, 0.4) is 0 Å². The standard InChI is InChI=1S/C15H26N4O2/c1-10-14(11(2)18(3)17-10)15-12(16)6-5-7-13(20)19(15)8-9-21-4/h12,15H,5-9,16H2,1-4H3. The molecule has 2 atom stereocenters. The molecule has 1 fully saturated rings. The smallest absolute Gasteiger partial charge is 0.223 e. The fourth-order valence-electron chi connectivity index (χ4n) is 3.22. The van der Waals surface area contributed by atoms with Gasteiger partial charge in [-0.1, -0.05) is 0 Å². The number of aryl methyl sites for hydroxylation is 2. The van der Waals surface area contributed by atoms with Gasteiger partial charge >= 0.3 is 0 Å². The van der Waals surface area contributed by atoms with E-state index < -0.39 is 0 Å². The Kier molecular flexibility index (Phi) is 5.00. The van der Waals surface area contributed by atoms with Crippen molar-refractivity contribution >= 4 is 5.91 Å². The van der Waals surface area contributed by atoms with Gasteiger partial charge in [0, 0.05) is 44.4 Å². The lowest BCUT2D eigenvalue weighted by Gasteiger charge is -2.34. The first kappa shape index (κ1) is 16.0. The van der Waals surface area contributed by atoms with Crippen molar-refractivity contribution < 1.29 is 9.53 Å². The molecular formula is C15H26N4O2. The minimum atomic E-state index is -0.108. The zero-order valence-corrected chi connectivity index (χ0v) is 13.4. The second-order valence-electron chi connectivity index (χ2n) is 5.79. The average molecular weight is 294 g/mol. The van der Waals surface area contributed by atoms with E-state index in [1.165, 1.54) is 0 Å². The topological polar surface area (TPSA) is 73.4 Å². The van der Waals surface area contributed by atoms with Gasteiger partial charge in [0.1, 0.15) is 0 Å². The van der Waals surface area contributed by atoms with Crippen molar-refractivity contribution in [2.75, 3.05) is 20.3 Å². The van der Waals surface area contributed by atoms with Gasteiger partial charge in [0.2, 0.25) is 5.91 Å². The molecular weight excluding hydrogens is 268 g/mol. The highest BCUT2D eigenvalue weighted by atomic mass is 16.5. The summed E-state index contributed by atoms with van der Waals surface area (Å²) in [7, 11) is 3.58. The molecule has 0 spiro atoms. The van der Waals surface area contributed by atoms with Crippen molar-refractivity contribution in [3.05, 3.63) is 17.0 Å². The molecule has 6 nitrogen and oxygen atoms in total. The average Bonchev–Trinajstić information content (AvgIpc) is 2.60. The molecule has 0 radical (unpaired) electrons. The summed E-state index contributed by atoms with van der Waals surface area (Å²) in [5.41, 5.74) is 9.53. The van der Waals surface area contributed by atoms with Gasteiger partial charge in [-0.15, -0.1) is 0 Å². The van der Waals surface area contributed by atoms with E-state index in [9.17, 15) is 4.79 Å². The van der Waals surface area contributed by atoms with Crippen LogP contribution in [-0.4, -0.2) is 46.9 Å². The lowest BCUT2D eigenvalue weighted by molar-refractivity contribution is -0.134. The van der Waals surface area contributed by atoms with E-state index in [2.05, 4.69) is 5.10 Å². The number of nitrogens with zero attached hydrogens (tertiary/aromatic N) is 3. The summed E-state index contributed by atoms with van der Waals surface area (Å²) in [4.78, 5) is 14.4. The third-order valence-corrected chi connectivity index (χ3v) is 4.39. The molecule has 2 rings (SSSR count). The van der Waals surface area contributed by atoms with E-state index in [1.54, 1.807) is 7.11 Å². The van der Waals surface area contributed by atoms with Crippen LogP contribution in [-0.2, 0) is 16.6 Å². The predicted octanol–water partition coefficient (Wildman–Crippen LogP) is 1.06. The van der Waals surface area contributed by atoms with Crippen molar-refractivity contribution in [3.8, 4) is 0 Å². The Bertz CT molecular complexity index is 512. The number of aromatic nitrogens is 2. The number of methoxy groups -OCH3 is 1. The first-order chi connectivity index (χ1) is 9.97. The molecule has 1 aromatic heterocycles. The molecule has 0 bridgehead atoms. The second-order valence-corrected chi connectivity index (χ2v) is 5.79. The van der Waals surface area contributed by atoms with E-state index in [0.717, 1.165) is 29.8 Å². The third-order valence-electron chi connectivity index (χ3n) is 4.39. The van der Waals surface area contributed by atoms with Crippen LogP contribution in [0.4, 0.5) is 0 Å². The summed E-state index contributed by atoms with van der Waals surface area (Å²) in [6.07, 6.45) is 2.26. The van der Waals surface area contributed by atoms with Crippen molar-refractivity contribution in [1.82, 2.24) is 14.7 Å². The lowest BCUT2D eigenvalue weighted by Crippen LogP contribution is -2.44. The summed E-state index contributed by atoms with van der Waals surface area (Å²) in [6, 6.07) is -0.168. The van der Waals surface area contributed by atoms with Crippen molar-refractivity contribution in [2.45, 2.75) is 45.2 Å². The number of carbonyl (C=O) groups excluding carboxylic acids is 1. The number of carbonyl (C=O) groups is 1. The molecule has 2 unspecified atom stereocenters. The van der Waals surface area contributed by atoms with Gasteiger partial charge in [0.25, 0.3) is 0 Å². The van der Waals surface area contributed by atoms with E-state index in [-0.39, 0.29) is 18.0 Å². The van der Waals surface area contributed by atoms with Gasteiger partial charge in [-0.05, 0) is 26.7 Å². The first-order valence-corrected chi connectivity index (χ1v) is 7.51. The Balaban J connectivity index is 2.43. The van der Waals surface area contributed by atoms with Gasteiger partial charge in [-0.2, -0.15) is 5.10 Å². The van der Waals surface area contributed by atoms with Crippen LogP contribution in [0, 0.1) is 13.8 Å². The summed E-state index contributed by atoms with van der Waals surface area (Å²) in [5.74, 6) is 0.160. The maximum atomic E-state index is 12.5. The van der Waals surface area contributed by atoms with Gasteiger partial charge in [0.15, 0.2) is 0 Å². The summed E-state index contributed by atoms with van der Waals surface area (Å²) < 4.78 is 7.03. The fraction of sp³-hybridized carbons (Fsp3) is 0.733. The largest absolute Gasteiger partial charge is 0.383 e. The maximum absolute atomic E-state index is 12.5. The molecule has 21 heavy (non-hydrogen) atoms. The van der Waals surface area contributed by atoms with Crippen molar-refractivity contribution in [2.24, 2.45) is 12.8 Å². The van der Waals surface area contributed by atoms with Crippen LogP contribution in [0.2, 0.25) is 0 Å². The molecule has 1 aromatic rings. The molecule has 0 aliphatic carbocycles. The molecule has 1 aliphatic rings. The van der Waals surface area contributed by atoms with Crippen LogP contribution in [0.5, 0.6) is 0 Å². The number of amides is 1. The zero-order chi connectivity index (χ0) is 15.6. The molecule has 0 aromatic carbocycles. The van der Waals surface area contributed by atoms with Crippen LogP contribution >= 0.6 is 0 Å². The van der Waals surface area contributed by atoms with Crippen LogP contribution in [0.15, 0.2) is 0 Å². The molecule has 118 valence electrons. The molecule has 0 saturated carbocycles. The maximum Gasteiger partial charge on any atom is 0.223 e. The highest BCUT2D eigenvalue weighted by Gasteiger charge is 2.35. The molecule has 2 N–H and O–H groups in total.